The summed E-state index contributed by atoms with van der Waals surface area (Å²) in [6.45, 7) is -1.38. The minimum atomic E-state index is -5.30. The first kappa shape index (κ1) is 21.5. The first-order chi connectivity index (χ1) is 10.6. The van der Waals surface area contributed by atoms with Gasteiger partial charge in [0.15, 0.2) is 6.29 Å². The highest BCUT2D eigenvalue weighted by atomic mass is 32.3. The van der Waals surface area contributed by atoms with Crippen LogP contribution in [0.2, 0.25) is 0 Å². The summed E-state index contributed by atoms with van der Waals surface area (Å²) in [5.41, 5.74) is 0. The number of rotatable bonds is 8. The van der Waals surface area contributed by atoms with Gasteiger partial charge in [-0.3, -0.25) is 13.7 Å². The summed E-state index contributed by atoms with van der Waals surface area (Å²) >= 11 is 0. The fraction of sp³-hybridized carbons (Fsp3) is 1.00. The van der Waals surface area contributed by atoms with Crippen LogP contribution < -0.4 is 0 Å². The topological polar surface area (TPSA) is 240 Å². The van der Waals surface area contributed by atoms with Crippen LogP contribution in [0.1, 0.15) is 0 Å². The monoisotopic (exact) mass is 420 g/mol. The Labute approximate surface area is 135 Å². The molecule has 0 aromatic rings. The molecule has 0 radical (unpaired) electrons. The lowest BCUT2D eigenvalue weighted by Crippen LogP contribution is -2.46. The second-order valence-corrected chi connectivity index (χ2v) is 7.43. The summed E-state index contributed by atoms with van der Waals surface area (Å²) in [5, 5.41) is 18.8. The van der Waals surface area contributed by atoms with Gasteiger partial charge in [-0.25, -0.2) is 12.5 Å². The number of ether oxygens (including phenoxy) is 1. The quantitative estimate of drug-likeness (QED) is 0.237. The second kappa shape index (κ2) is 7.39. The summed E-state index contributed by atoms with van der Waals surface area (Å²) in [5.74, 6) is 0. The molecule has 144 valence electrons. The Morgan fingerprint density at radius 1 is 0.917 bits per heavy atom. The zero-order valence-corrected chi connectivity index (χ0v) is 13.6. The molecule has 0 amide bonds. The van der Waals surface area contributed by atoms with Gasteiger partial charge in [-0.15, -0.1) is 0 Å². The van der Waals surface area contributed by atoms with Gasteiger partial charge in [-0.1, -0.05) is 0 Å². The average molecular weight is 420 g/mol. The molecule has 1 unspecified atom stereocenters. The van der Waals surface area contributed by atoms with Crippen molar-refractivity contribution < 1.29 is 66.4 Å². The minimum Gasteiger partial charge on any atom is -0.385 e. The molecular weight excluding hydrogens is 408 g/mol. The summed E-state index contributed by atoms with van der Waals surface area (Å²) in [7, 11) is -15.7. The van der Waals surface area contributed by atoms with Crippen molar-refractivity contribution >= 4 is 31.2 Å². The molecule has 0 aromatic carbocycles. The first-order valence-electron chi connectivity index (χ1n) is 5.54. The van der Waals surface area contributed by atoms with Crippen molar-refractivity contribution in [3.05, 3.63) is 0 Å². The van der Waals surface area contributed by atoms with Crippen LogP contribution in [0.5, 0.6) is 0 Å². The van der Waals surface area contributed by atoms with Gasteiger partial charge in [0.1, 0.15) is 24.4 Å². The van der Waals surface area contributed by atoms with Gasteiger partial charge in [0.2, 0.25) is 0 Å². The van der Waals surface area contributed by atoms with Crippen molar-refractivity contribution in [2.24, 2.45) is 0 Å². The summed E-state index contributed by atoms with van der Waals surface area (Å²) < 4.78 is 106. The smallest absolute Gasteiger partial charge is 0.385 e. The van der Waals surface area contributed by atoms with Crippen LogP contribution in [0.15, 0.2) is 0 Å². The van der Waals surface area contributed by atoms with Crippen LogP contribution in [-0.2, 0) is 48.5 Å². The third-order valence-corrected chi connectivity index (χ3v) is 3.86. The molecule has 1 saturated heterocycles. The summed E-state index contributed by atoms with van der Waals surface area (Å²) in [6, 6.07) is 0. The number of hydrogen-bond acceptors (Lipinski definition) is 12. The zero-order valence-electron chi connectivity index (χ0n) is 11.1. The molecule has 24 heavy (non-hydrogen) atoms. The van der Waals surface area contributed by atoms with E-state index in [-0.39, 0.29) is 0 Å². The van der Waals surface area contributed by atoms with Gasteiger partial charge in [-0.05, 0) is 0 Å². The van der Waals surface area contributed by atoms with E-state index >= 15 is 0 Å². The van der Waals surface area contributed by atoms with Gasteiger partial charge in [-0.2, -0.15) is 25.3 Å². The molecule has 5 N–H and O–H groups in total. The largest absolute Gasteiger partial charge is 0.397 e. The van der Waals surface area contributed by atoms with Crippen LogP contribution in [0, 0.1) is 0 Å². The van der Waals surface area contributed by atoms with E-state index < -0.39 is 68.5 Å². The van der Waals surface area contributed by atoms with E-state index in [9.17, 15) is 35.5 Å². The van der Waals surface area contributed by atoms with Crippen LogP contribution in [0.4, 0.5) is 0 Å². The number of aliphatic hydroxyl groups excluding tert-OH is 2. The molecule has 0 bridgehead atoms. The standard InChI is InChI=1S/C6H12O15S3/c7-3-5(21-24(15,16)17)4(19-6(3)8)2(20-23(12,13)14)1-18-22(9,10)11/h2-8H,1H2,(H,9,10,11)(H,12,13,14)(H,15,16,17)/t2-,3-,4-,5-,6?/m1/s1. The maximum Gasteiger partial charge on any atom is 0.397 e. The Hall–Kier alpha value is -0.510. The Balaban J connectivity index is 3.12. The van der Waals surface area contributed by atoms with E-state index in [1.165, 1.54) is 0 Å². The number of aliphatic hydroxyl groups is 2. The molecule has 15 nitrogen and oxygen atoms in total. The van der Waals surface area contributed by atoms with Crippen molar-refractivity contribution in [1.29, 1.82) is 0 Å². The lowest BCUT2D eigenvalue weighted by Gasteiger charge is -2.24. The highest BCUT2D eigenvalue weighted by Gasteiger charge is 2.51. The molecule has 0 aromatic heterocycles. The van der Waals surface area contributed by atoms with Crippen molar-refractivity contribution in [2.75, 3.05) is 6.61 Å². The van der Waals surface area contributed by atoms with Crippen molar-refractivity contribution in [1.82, 2.24) is 0 Å². The van der Waals surface area contributed by atoms with Crippen LogP contribution in [0.3, 0.4) is 0 Å². The molecule has 1 aliphatic heterocycles. The predicted octanol–water partition coefficient (Wildman–Crippen LogP) is -3.74. The maximum atomic E-state index is 10.8. The van der Waals surface area contributed by atoms with Gasteiger partial charge in [0.25, 0.3) is 0 Å². The molecule has 18 heteroatoms. The highest BCUT2D eigenvalue weighted by Crippen LogP contribution is 2.28. The van der Waals surface area contributed by atoms with Gasteiger partial charge < -0.3 is 14.9 Å². The third kappa shape index (κ3) is 7.16. The minimum absolute atomic E-state index is 1.38. The van der Waals surface area contributed by atoms with E-state index in [0.717, 1.165) is 0 Å². The molecule has 0 spiro atoms. The van der Waals surface area contributed by atoms with Crippen molar-refractivity contribution in [3.8, 4) is 0 Å². The van der Waals surface area contributed by atoms with E-state index in [0.29, 0.717) is 0 Å². The van der Waals surface area contributed by atoms with E-state index in [1.54, 1.807) is 0 Å². The van der Waals surface area contributed by atoms with Gasteiger partial charge in [0.05, 0.1) is 6.61 Å². The molecular formula is C6H12O15S3. The van der Waals surface area contributed by atoms with Crippen LogP contribution >= 0.6 is 0 Å². The lowest BCUT2D eigenvalue weighted by molar-refractivity contribution is -0.145. The summed E-state index contributed by atoms with van der Waals surface area (Å²) in [6.07, 6.45) is -10.8. The molecule has 1 rings (SSSR count). The Bertz CT molecular complexity index is 736. The maximum absolute atomic E-state index is 10.8. The molecule has 1 fully saturated rings. The Morgan fingerprint density at radius 2 is 1.46 bits per heavy atom. The van der Waals surface area contributed by atoms with Crippen LogP contribution in [-0.4, -0.2) is 86.4 Å². The Kier molecular flexibility index (Phi) is 6.63. The third-order valence-electron chi connectivity index (χ3n) is 2.47. The zero-order chi connectivity index (χ0) is 18.9. The Morgan fingerprint density at radius 3 is 1.88 bits per heavy atom. The summed E-state index contributed by atoms with van der Waals surface area (Å²) in [4.78, 5) is 0. The van der Waals surface area contributed by atoms with Gasteiger partial charge >= 0.3 is 31.2 Å². The predicted molar refractivity (Wildman–Crippen MR) is 67.2 cm³/mol. The number of hydrogen-bond donors (Lipinski definition) is 5. The van der Waals surface area contributed by atoms with E-state index in [4.69, 9.17) is 13.7 Å². The van der Waals surface area contributed by atoms with Crippen molar-refractivity contribution in [2.45, 2.75) is 30.7 Å². The fourth-order valence-corrected chi connectivity index (χ4v) is 3.00. The molecule has 0 saturated carbocycles. The van der Waals surface area contributed by atoms with Crippen molar-refractivity contribution in [3.63, 3.8) is 0 Å². The van der Waals surface area contributed by atoms with E-state index in [1.807, 2.05) is 0 Å². The molecule has 1 heterocycles. The second-order valence-electron chi connectivity index (χ2n) is 4.25. The molecule has 0 aliphatic carbocycles. The van der Waals surface area contributed by atoms with E-state index in [2.05, 4.69) is 17.3 Å². The average Bonchev–Trinajstić information content (AvgIpc) is 2.58. The van der Waals surface area contributed by atoms with Gasteiger partial charge in [0, 0.05) is 0 Å². The fourth-order valence-electron chi connectivity index (χ4n) is 1.71. The normalized spacial score (nSPS) is 30.4. The SMILES string of the molecule is O=S(=O)(O)OC[C@@H](OS(=O)(=O)O)[C@H]1OC(O)[C@H](O)[C@H]1OS(=O)(=O)O. The molecule has 1 aliphatic rings. The molecule has 5 atom stereocenters. The highest BCUT2D eigenvalue weighted by molar-refractivity contribution is 7.81. The first-order valence-corrected chi connectivity index (χ1v) is 9.63. The lowest BCUT2D eigenvalue weighted by atomic mass is 10.1. The van der Waals surface area contributed by atoms with Crippen LogP contribution in [0.25, 0.3) is 0 Å².